The van der Waals surface area contributed by atoms with Crippen molar-refractivity contribution in [2.45, 2.75) is 16.7 Å². The highest BCUT2D eigenvalue weighted by Crippen LogP contribution is 2.46. The van der Waals surface area contributed by atoms with Gasteiger partial charge in [0.05, 0.1) is 34.7 Å². The highest BCUT2D eigenvalue weighted by molar-refractivity contribution is 8.08. The average Bonchev–Trinajstić information content (AvgIpc) is 3.58. The molecule has 4 aromatic rings. The second-order valence-electron chi connectivity index (χ2n) is 9.07. The Bertz CT molecular complexity index is 1990. The number of anilines is 2. The SMILES string of the molecule is COc1ccc2c(c1)N(C)/C(=c1/s/c(=C3/C(=O)N(c4cccc(S(=O)(=O)O)c4)N=C3C)n(C)c1=O)S2.c1ccncc1. The summed E-state index contributed by atoms with van der Waals surface area (Å²) in [5.41, 5.74) is 1.47. The molecule has 216 valence electrons. The Kier molecular flexibility index (Phi) is 8.06. The number of carbonyl (C=O) groups is 1. The first-order valence-electron chi connectivity index (χ1n) is 12.4. The molecule has 0 saturated heterocycles. The molecule has 6 rings (SSSR count). The van der Waals surface area contributed by atoms with Crippen molar-refractivity contribution in [3.8, 4) is 5.75 Å². The van der Waals surface area contributed by atoms with E-state index in [9.17, 15) is 22.6 Å². The summed E-state index contributed by atoms with van der Waals surface area (Å²) in [4.78, 5) is 33.0. The fourth-order valence-corrected chi connectivity index (χ4v) is 7.31. The molecule has 0 radical (unpaired) electrons. The van der Waals surface area contributed by atoms with Crippen LogP contribution in [0.2, 0.25) is 0 Å². The number of fused-ring (bicyclic) bond motifs is 1. The Morgan fingerprint density at radius 1 is 0.976 bits per heavy atom. The zero-order valence-electron chi connectivity index (χ0n) is 22.9. The largest absolute Gasteiger partial charge is 0.497 e. The lowest BCUT2D eigenvalue weighted by Gasteiger charge is -2.13. The molecule has 2 aliphatic rings. The molecule has 11 nitrogen and oxygen atoms in total. The van der Waals surface area contributed by atoms with Crippen molar-refractivity contribution >= 4 is 66.8 Å². The number of methoxy groups -OCH3 is 1. The molecule has 42 heavy (non-hydrogen) atoms. The van der Waals surface area contributed by atoms with Crippen LogP contribution in [0.15, 0.2) is 92.7 Å². The number of benzene rings is 2. The van der Waals surface area contributed by atoms with Crippen molar-refractivity contribution in [3.05, 3.63) is 92.6 Å². The van der Waals surface area contributed by atoms with Crippen LogP contribution < -0.4 is 29.4 Å². The summed E-state index contributed by atoms with van der Waals surface area (Å²) in [6.07, 6.45) is 3.50. The normalized spacial score (nSPS) is 17.1. The summed E-state index contributed by atoms with van der Waals surface area (Å²) in [7, 11) is 0.611. The summed E-state index contributed by atoms with van der Waals surface area (Å²) in [5.74, 6) is 0.202. The van der Waals surface area contributed by atoms with Gasteiger partial charge in [-0.2, -0.15) is 18.5 Å². The second-order valence-corrected chi connectivity index (χ2v) is 12.5. The van der Waals surface area contributed by atoms with Gasteiger partial charge < -0.3 is 14.2 Å². The highest BCUT2D eigenvalue weighted by atomic mass is 32.2. The van der Waals surface area contributed by atoms with Gasteiger partial charge in [0, 0.05) is 37.5 Å². The van der Waals surface area contributed by atoms with Crippen LogP contribution in [0, 0.1) is 0 Å². The Balaban J connectivity index is 0.000000524. The first-order valence-corrected chi connectivity index (χ1v) is 15.4. The van der Waals surface area contributed by atoms with Crippen LogP contribution in [0.3, 0.4) is 0 Å². The third kappa shape index (κ3) is 5.48. The maximum absolute atomic E-state index is 13.4. The van der Waals surface area contributed by atoms with Crippen molar-refractivity contribution < 1.29 is 22.5 Å². The molecular weight excluding hydrogens is 599 g/mol. The number of ether oxygens (including phenoxy) is 1. The molecule has 2 aromatic heterocycles. The average molecular weight is 624 g/mol. The first kappa shape index (κ1) is 29.3. The predicted molar refractivity (Wildman–Crippen MR) is 164 cm³/mol. The van der Waals surface area contributed by atoms with E-state index < -0.39 is 16.0 Å². The molecule has 0 unspecified atom stereocenters. The van der Waals surface area contributed by atoms with Gasteiger partial charge in [0.1, 0.15) is 20.0 Å². The molecule has 0 aliphatic carbocycles. The number of hydrazone groups is 1. The number of carbonyl (C=O) groups excluding carboxylic acids is 1. The minimum absolute atomic E-state index is 0.177. The Labute approximate surface area is 249 Å². The maximum Gasteiger partial charge on any atom is 0.294 e. The number of pyridine rings is 1. The van der Waals surface area contributed by atoms with E-state index in [-0.39, 0.29) is 21.7 Å². The van der Waals surface area contributed by atoms with Gasteiger partial charge in [-0.15, -0.1) is 11.3 Å². The lowest BCUT2D eigenvalue weighted by molar-refractivity contribution is -0.112. The van der Waals surface area contributed by atoms with Gasteiger partial charge >= 0.3 is 0 Å². The molecule has 2 aliphatic heterocycles. The minimum Gasteiger partial charge on any atom is -0.497 e. The smallest absolute Gasteiger partial charge is 0.294 e. The second kappa shape index (κ2) is 11.6. The van der Waals surface area contributed by atoms with E-state index in [0.717, 1.165) is 26.7 Å². The molecule has 1 amide bonds. The molecule has 0 atom stereocenters. The van der Waals surface area contributed by atoms with E-state index in [1.54, 1.807) is 33.5 Å². The van der Waals surface area contributed by atoms with Crippen LogP contribution in [0.1, 0.15) is 6.92 Å². The molecule has 1 N–H and O–H groups in total. The molecular formula is C28H25N5O6S3. The van der Waals surface area contributed by atoms with Gasteiger partial charge in [-0.1, -0.05) is 23.9 Å². The fraction of sp³-hybridized carbons (Fsp3) is 0.143. The standard InChI is InChI=1S/C23H20N4O6S3.C5H5N/c1-12-18(20(28)27(24-12)13-6-5-7-15(10-13)36(30,31)32)22-26(3)21(29)19(35-22)23-25(2)16-11-14(33-4)8-9-17(16)34-23;1-2-4-6-5-3-1/h5-11H,1-4H3,(H,30,31,32);1-5H/b22-18+,23-19-;. The van der Waals surface area contributed by atoms with Gasteiger partial charge in [0.25, 0.3) is 21.6 Å². The lowest BCUT2D eigenvalue weighted by atomic mass is 10.2. The molecule has 2 aromatic carbocycles. The summed E-state index contributed by atoms with van der Waals surface area (Å²) in [5, 5.41) is 6.12. The number of amides is 1. The summed E-state index contributed by atoms with van der Waals surface area (Å²) in [6, 6.07) is 16.7. The number of hydrogen-bond donors (Lipinski definition) is 1. The maximum atomic E-state index is 13.4. The van der Waals surface area contributed by atoms with Crippen LogP contribution in [-0.2, 0) is 22.0 Å². The Hall–Kier alpha value is -4.24. The van der Waals surface area contributed by atoms with Gasteiger partial charge in [0.15, 0.2) is 0 Å². The zero-order valence-corrected chi connectivity index (χ0v) is 25.3. The molecule has 0 spiro atoms. The number of hydrogen-bond acceptors (Lipinski definition) is 10. The zero-order chi connectivity index (χ0) is 30.2. The summed E-state index contributed by atoms with van der Waals surface area (Å²) < 4.78 is 40.1. The van der Waals surface area contributed by atoms with Crippen LogP contribution in [0.4, 0.5) is 11.4 Å². The molecule has 0 bridgehead atoms. The number of nitrogens with zero attached hydrogens (tertiary/aromatic N) is 5. The van der Waals surface area contributed by atoms with E-state index in [0.29, 0.717) is 20.7 Å². The van der Waals surface area contributed by atoms with Crippen LogP contribution in [0.25, 0.3) is 10.6 Å². The van der Waals surface area contributed by atoms with Crippen molar-refractivity contribution in [2.75, 3.05) is 24.1 Å². The third-order valence-electron chi connectivity index (χ3n) is 6.39. The Morgan fingerprint density at radius 2 is 1.71 bits per heavy atom. The molecule has 4 heterocycles. The van der Waals surface area contributed by atoms with Crippen LogP contribution in [-0.4, -0.2) is 48.3 Å². The van der Waals surface area contributed by atoms with E-state index in [4.69, 9.17) is 4.74 Å². The van der Waals surface area contributed by atoms with Crippen molar-refractivity contribution in [1.82, 2.24) is 9.55 Å². The van der Waals surface area contributed by atoms with Gasteiger partial charge in [-0.25, -0.2) is 0 Å². The van der Waals surface area contributed by atoms with E-state index in [2.05, 4.69) is 10.1 Å². The first-order chi connectivity index (χ1) is 20.0. The molecule has 0 saturated carbocycles. The van der Waals surface area contributed by atoms with Crippen molar-refractivity contribution in [2.24, 2.45) is 12.1 Å². The van der Waals surface area contributed by atoms with E-state index >= 15 is 0 Å². The third-order valence-corrected chi connectivity index (χ3v) is 9.85. The minimum atomic E-state index is -4.46. The topological polar surface area (TPSA) is 134 Å². The van der Waals surface area contributed by atoms with Crippen LogP contribution in [0.5, 0.6) is 5.75 Å². The Morgan fingerprint density at radius 3 is 2.33 bits per heavy atom. The quantitative estimate of drug-likeness (QED) is 0.342. The van der Waals surface area contributed by atoms with Gasteiger partial charge in [-0.3, -0.25) is 19.1 Å². The van der Waals surface area contributed by atoms with Gasteiger partial charge in [-0.05, 0) is 49.4 Å². The molecule has 0 fully saturated rings. The highest BCUT2D eigenvalue weighted by Gasteiger charge is 2.32. The summed E-state index contributed by atoms with van der Waals surface area (Å²) in [6.45, 7) is 1.65. The number of thiazole rings is 1. The molecule has 14 heteroatoms. The monoisotopic (exact) mass is 623 g/mol. The van der Waals surface area contributed by atoms with E-state index in [1.165, 1.54) is 45.9 Å². The van der Waals surface area contributed by atoms with Gasteiger partial charge in [0.2, 0.25) is 0 Å². The lowest BCUT2D eigenvalue weighted by Crippen LogP contribution is -2.33. The summed E-state index contributed by atoms with van der Waals surface area (Å²) >= 11 is 2.66. The van der Waals surface area contributed by atoms with Crippen molar-refractivity contribution in [1.29, 1.82) is 0 Å². The predicted octanol–water partition coefficient (Wildman–Crippen LogP) is 2.66. The fourth-order valence-electron chi connectivity index (χ4n) is 4.28. The number of thioether (sulfide) groups is 1. The van der Waals surface area contributed by atoms with Crippen molar-refractivity contribution in [3.63, 3.8) is 0 Å². The van der Waals surface area contributed by atoms with Crippen LogP contribution >= 0.6 is 23.1 Å². The van der Waals surface area contributed by atoms with E-state index in [1.807, 2.05) is 48.3 Å². The number of rotatable bonds is 3. The number of aromatic nitrogens is 2.